The molecule has 3 saturated carbocycles. The van der Waals surface area contributed by atoms with Crippen LogP contribution in [-0.4, -0.2) is 40.4 Å². The SMILES string of the molecule is Cc1ccc([C@@H](O)CNC(=O)CCC(=O)O[C@@H]2CC[C@@H]3[C@@H]4CCC5=CC(=O)CC[C@]5(C)[C@@H]4CC[C@@]32C)cn1. The molecule has 0 radical (unpaired) electrons. The Kier molecular flexibility index (Phi) is 7.51. The Morgan fingerprint density at radius 2 is 1.92 bits per heavy atom. The van der Waals surface area contributed by atoms with Crippen molar-refractivity contribution in [3.63, 3.8) is 0 Å². The number of hydrogen-bond acceptors (Lipinski definition) is 6. The number of aliphatic hydroxyl groups is 1. The van der Waals surface area contributed by atoms with E-state index in [9.17, 15) is 19.5 Å². The van der Waals surface area contributed by atoms with Gasteiger partial charge >= 0.3 is 5.97 Å². The molecule has 0 bridgehead atoms. The number of nitrogens with zero attached hydrogens (tertiary/aromatic N) is 1. The van der Waals surface area contributed by atoms with Gasteiger partial charge in [-0.05, 0) is 87.2 Å². The highest BCUT2D eigenvalue weighted by molar-refractivity contribution is 5.91. The molecule has 7 atom stereocenters. The third-order valence-electron chi connectivity index (χ3n) is 10.5. The fourth-order valence-electron chi connectivity index (χ4n) is 8.23. The Morgan fingerprint density at radius 1 is 1.11 bits per heavy atom. The fourth-order valence-corrected chi connectivity index (χ4v) is 8.23. The lowest BCUT2D eigenvalue weighted by molar-refractivity contribution is -0.160. The van der Waals surface area contributed by atoms with Gasteiger partial charge in [-0.15, -0.1) is 0 Å². The minimum absolute atomic E-state index is 0.0205. The highest BCUT2D eigenvalue weighted by atomic mass is 16.5. The van der Waals surface area contributed by atoms with Crippen molar-refractivity contribution in [1.82, 2.24) is 10.3 Å². The summed E-state index contributed by atoms with van der Waals surface area (Å²) in [5.41, 5.74) is 3.00. The molecule has 206 valence electrons. The number of carbonyl (C=O) groups is 3. The van der Waals surface area contributed by atoms with E-state index in [1.54, 1.807) is 12.3 Å². The van der Waals surface area contributed by atoms with Crippen molar-refractivity contribution in [3.05, 3.63) is 41.2 Å². The number of ether oxygens (including phenoxy) is 1. The molecule has 4 aliphatic carbocycles. The molecule has 1 aromatic heterocycles. The van der Waals surface area contributed by atoms with Gasteiger partial charge in [0.15, 0.2) is 5.78 Å². The van der Waals surface area contributed by atoms with Gasteiger partial charge in [-0.2, -0.15) is 0 Å². The van der Waals surface area contributed by atoms with Crippen molar-refractivity contribution in [2.24, 2.45) is 28.6 Å². The second-order valence-electron chi connectivity index (χ2n) is 12.6. The van der Waals surface area contributed by atoms with E-state index in [2.05, 4.69) is 24.1 Å². The summed E-state index contributed by atoms with van der Waals surface area (Å²) < 4.78 is 6.03. The van der Waals surface area contributed by atoms with Crippen LogP contribution in [0, 0.1) is 35.5 Å². The molecular formula is C31H42N2O5. The van der Waals surface area contributed by atoms with Crippen LogP contribution in [0.3, 0.4) is 0 Å². The Hall–Kier alpha value is -2.54. The van der Waals surface area contributed by atoms with Crippen molar-refractivity contribution in [2.45, 2.75) is 97.2 Å². The lowest BCUT2D eigenvalue weighted by Crippen LogP contribution is -2.51. The standard InChI is InChI=1S/C31H42N2O5/c1-19-4-5-20(17-32-19)26(35)18-33-28(36)10-11-29(37)38-27-9-8-24-23-7-6-21-16-22(34)12-14-30(21,2)25(23)13-15-31(24,27)3/h4-5,16-17,23-27,35H,6-15,18H2,1-3H3,(H,33,36)/t23-,24+,25+,26-,27+,30-,31-/m0/s1. The van der Waals surface area contributed by atoms with Crippen molar-refractivity contribution >= 4 is 17.7 Å². The van der Waals surface area contributed by atoms with Crippen LogP contribution in [0.2, 0.25) is 0 Å². The normalized spacial score (nSPS) is 34.8. The molecule has 7 heteroatoms. The number of aromatic nitrogens is 1. The molecular weight excluding hydrogens is 480 g/mol. The molecule has 3 fully saturated rings. The minimum Gasteiger partial charge on any atom is -0.462 e. The monoisotopic (exact) mass is 522 g/mol. The van der Waals surface area contributed by atoms with Gasteiger partial charge in [0.2, 0.25) is 5.91 Å². The minimum atomic E-state index is -0.841. The summed E-state index contributed by atoms with van der Waals surface area (Å²) in [5.74, 6) is 1.46. The summed E-state index contributed by atoms with van der Waals surface area (Å²) >= 11 is 0. The van der Waals surface area contributed by atoms with Gasteiger partial charge in [0.25, 0.3) is 0 Å². The lowest BCUT2D eigenvalue weighted by Gasteiger charge is -2.57. The second kappa shape index (κ2) is 10.6. The average molecular weight is 523 g/mol. The number of ketones is 1. The van der Waals surface area contributed by atoms with Crippen LogP contribution in [0.4, 0.5) is 0 Å². The number of esters is 1. The zero-order valence-electron chi connectivity index (χ0n) is 23.0. The highest BCUT2D eigenvalue weighted by Crippen LogP contribution is 2.65. The molecule has 5 rings (SSSR count). The number of aliphatic hydroxyl groups excluding tert-OH is 1. The number of carbonyl (C=O) groups excluding carboxylic acids is 3. The number of fused-ring (bicyclic) bond motifs is 5. The van der Waals surface area contributed by atoms with E-state index in [1.807, 2.05) is 19.1 Å². The topological polar surface area (TPSA) is 106 Å². The lowest BCUT2D eigenvalue weighted by atomic mass is 9.47. The van der Waals surface area contributed by atoms with Gasteiger partial charge in [0.1, 0.15) is 6.10 Å². The number of allylic oxidation sites excluding steroid dienone is 1. The molecule has 1 aromatic rings. The number of amides is 1. The van der Waals surface area contributed by atoms with Crippen molar-refractivity contribution in [3.8, 4) is 0 Å². The van der Waals surface area contributed by atoms with Crippen LogP contribution in [0.25, 0.3) is 0 Å². The maximum Gasteiger partial charge on any atom is 0.306 e. The summed E-state index contributed by atoms with van der Waals surface area (Å²) in [7, 11) is 0. The summed E-state index contributed by atoms with van der Waals surface area (Å²) in [4.78, 5) is 41.3. The molecule has 0 aliphatic heterocycles. The number of aryl methyl sites for hydroxylation is 1. The molecule has 1 heterocycles. The Balaban J connectivity index is 1.12. The number of hydrogen-bond donors (Lipinski definition) is 2. The van der Waals surface area contributed by atoms with Crippen LogP contribution in [-0.2, 0) is 19.1 Å². The summed E-state index contributed by atoms with van der Waals surface area (Å²) in [6.45, 7) is 6.65. The van der Waals surface area contributed by atoms with E-state index >= 15 is 0 Å². The summed E-state index contributed by atoms with van der Waals surface area (Å²) in [6.07, 6.45) is 10.6. The quantitative estimate of drug-likeness (QED) is 0.500. The average Bonchev–Trinajstić information content (AvgIpc) is 3.22. The largest absolute Gasteiger partial charge is 0.462 e. The first kappa shape index (κ1) is 27.0. The van der Waals surface area contributed by atoms with Gasteiger partial charge in [0.05, 0.1) is 12.5 Å². The Bertz CT molecular complexity index is 1110. The third kappa shape index (κ3) is 5.06. The van der Waals surface area contributed by atoms with E-state index in [0.29, 0.717) is 29.7 Å². The predicted molar refractivity (Wildman–Crippen MR) is 143 cm³/mol. The molecule has 0 spiro atoms. The van der Waals surface area contributed by atoms with E-state index in [4.69, 9.17) is 4.74 Å². The maximum atomic E-state index is 12.8. The molecule has 4 aliphatic rings. The van der Waals surface area contributed by atoms with Gasteiger partial charge < -0.3 is 15.2 Å². The molecule has 38 heavy (non-hydrogen) atoms. The first-order valence-electron chi connectivity index (χ1n) is 14.4. The smallest absolute Gasteiger partial charge is 0.306 e. The molecule has 0 aromatic carbocycles. The first-order chi connectivity index (χ1) is 18.1. The van der Waals surface area contributed by atoms with Crippen LogP contribution >= 0.6 is 0 Å². The van der Waals surface area contributed by atoms with E-state index in [-0.39, 0.29) is 54.0 Å². The maximum absolute atomic E-state index is 12.8. The van der Waals surface area contributed by atoms with Crippen molar-refractivity contribution < 1.29 is 24.2 Å². The zero-order chi connectivity index (χ0) is 27.1. The number of pyridine rings is 1. The van der Waals surface area contributed by atoms with Crippen LogP contribution in [0.15, 0.2) is 30.0 Å². The molecule has 2 N–H and O–H groups in total. The van der Waals surface area contributed by atoms with Crippen LogP contribution < -0.4 is 5.32 Å². The number of nitrogens with one attached hydrogen (secondary N) is 1. The predicted octanol–water partition coefficient (Wildman–Crippen LogP) is 4.76. The highest BCUT2D eigenvalue weighted by Gasteiger charge is 2.59. The van der Waals surface area contributed by atoms with E-state index < -0.39 is 6.10 Å². The Labute approximate surface area is 225 Å². The van der Waals surface area contributed by atoms with Crippen LogP contribution in [0.1, 0.15) is 95.4 Å². The summed E-state index contributed by atoms with van der Waals surface area (Å²) in [6, 6.07) is 3.61. The third-order valence-corrected chi connectivity index (χ3v) is 10.5. The van der Waals surface area contributed by atoms with Gasteiger partial charge in [-0.3, -0.25) is 19.4 Å². The Morgan fingerprint density at radius 3 is 2.68 bits per heavy atom. The van der Waals surface area contributed by atoms with Gasteiger partial charge in [-0.25, -0.2) is 0 Å². The van der Waals surface area contributed by atoms with E-state index in [0.717, 1.165) is 50.6 Å². The van der Waals surface area contributed by atoms with Gasteiger partial charge in [0, 0.05) is 42.3 Å². The summed E-state index contributed by atoms with van der Waals surface area (Å²) in [5, 5.41) is 13.0. The first-order valence-corrected chi connectivity index (χ1v) is 14.4. The van der Waals surface area contributed by atoms with Gasteiger partial charge in [-0.1, -0.05) is 25.5 Å². The second-order valence-corrected chi connectivity index (χ2v) is 12.6. The van der Waals surface area contributed by atoms with Crippen LogP contribution in [0.5, 0.6) is 0 Å². The zero-order valence-corrected chi connectivity index (χ0v) is 23.0. The molecule has 0 unspecified atom stereocenters. The molecule has 0 saturated heterocycles. The van der Waals surface area contributed by atoms with Crippen molar-refractivity contribution in [2.75, 3.05) is 6.54 Å². The molecule has 7 nitrogen and oxygen atoms in total. The van der Waals surface area contributed by atoms with E-state index in [1.165, 1.54) is 5.57 Å². The number of rotatable bonds is 7. The fraction of sp³-hybridized carbons (Fsp3) is 0.677. The van der Waals surface area contributed by atoms with Crippen molar-refractivity contribution in [1.29, 1.82) is 0 Å². The molecule has 1 amide bonds.